The fourth-order valence-electron chi connectivity index (χ4n) is 6.75. The van der Waals surface area contributed by atoms with Crippen molar-refractivity contribution in [2.45, 2.75) is 103 Å². The van der Waals surface area contributed by atoms with Gasteiger partial charge >= 0.3 is 0 Å². The molecule has 0 saturated carbocycles. The predicted molar refractivity (Wildman–Crippen MR) is 187 cm³/mol. The quantitative estimate of drug-likeness (QED) is 0.203. The largest absolute Gasteiger partial charge is 0.417 e. The molecule has 0 radical (unpaired) electrons. The molecule has 3 aromatic heterocycles. The first-order chi connectivity index (χ1) is 21.8. The van der Waals surface area contributed by atoms with E-state index in [1.54, 1.807) is 23.0 Å². The highest BCUT2D eigenvalue weighted by Crippen LogP contribution is 2.38. The molecule has 10 nitrogen and oxygen atoms in total. The molecule has 46 heavy (non-hydrogen) atoms. The highest BCUT2D eigenvalue weighted by Gasteiger charge is 2.39. The normalized spacial score (nSPS) is 22.5. The van der Waals surface area contributed by atoms with Crippen molar-refractivity contribution in [1.82, 2.24) is 29.2 Å². The van der Waals surface area contributed by atoms with Crippen molar-refractivity contribution < 1.29 is 9.16 Å². The summed E-state index contributed by atoms with van der Waals surface area (Å²) < 4.78 is 16.5. The lowest BCUT2D eigenvalue weighted by atomic mass is 9.98. The number of aryl methyl sites for hydroxylation is 1. The van der Waals surface area contributed by atoms with E-state index < -0.39 is 8.32 Å². The lowest BCUT2D eigenvalue weighted by Crippen LogP contribution is -2.58. The molecule has 5 heterocycles. The van der Waals surface area contributed by atoms with Crippen LogP contribution in [0, 0.1) is 0 Å². The Labute approximate surface area is 273 Å². The summed E-state index contributed by atoms with van der Waals surface area (Å²) in [6.45, 7) is 19.1. The number of aromatic nitrogens is 5. The summed E-state index contributed by atoms with van der Waals surface area (Å²) in [7, 11) is -0.0896. The number of ether oxygens (including phenoxy) is 1. The molecule has 0 spiro atoms. The second-order valence-corrected chi connectivity index (χ2v) is 19.6. The molecule has 0 amide bonds. The van der Waals surface area contributed by atoms with Gasteiger partial charge in [-0.25, -0.2) is 4.68 Å². The van der Waals surface area contributed by atoms with Crippen molar-refractivity contribution in [3.63, 3.8) is 0 Å². The molecule has 0 bridgehead atoms. The van der Waals surface area contributed by atoms with E-state index in [1.165, 1.54) is 5.56 Å². The van der Waals surface area contributed by atoms with Crippen molar-refractivity contribution in [3.8, 4) is 0 Å². The van der Waals surface area contributed by atoms with Crippen molar-refractivity contribution in [2.75, 3.05) is 31.2 Å². The third-order valence-electron chi connectivity index (χ3n) is 10.8. The zero-order valence-corrected chi connectivity index (χ0v) is 29.9. The third kappa shape index (κ3) is 6.39. The van der Waals surface area contributed by atoms with Crippen LogP contribution in [0.25, 0.3) is 22.1 Å². The van der Waals surface area contributed by atoms with E-state index in [0.29, 0.717) is 6.61 Å². The van der Waals surface area contributed by atoms with Gasteiger partial charge in [-0.2, -0.15) is 5.10 Å². The molecule has 2 fully saturated rings. The van der Waals surface area contributed by atoms with Crippen LogP contribution < -0.4 is 10.5 Å². The summed E-state index contributed by atoms with van der Waals surface area (Å²) >= 11 is 0. The summed E-state index contributed by atoms with van der Waals surface area (Å²) in [5, 5.41) is 5.23. The number of piperazine rings is 1. The molecule has 2 unspecified atom stereocenters. The maximum absolute atomic E-state index is 13.4. The fraction of sp³-hybridized carbons (Fsp3) is 0.600. The van der Waals surface area contributed by atoms with E-state index in [1.807, 2.05) is 17.9 Å². The molecule has 0 aliphatic carbocycles. The second-order valence-electron chi connectivity index (χ2n) is 14.8. The van der Waals surface area contributed by atoms with Gasteiger partial charge in [0.15, 0.2) is 8.32 Å². The lowest BCUT2D eigenvalue weighted by molar-refractivity contribution is -0.0390. The number of pyridine rings is 1. The Morgan fingerprint density at radius 2 is 1.85 bits per heavy atom. The molecule has 4 aromatic rings. The minimum Gasteiger partial charge on any atom is -0.417 e. The highest BCUT2D eigenvalue weighted by molar-refractivity contribution is 6.74. The maximum Gasteiger partial charge on any atom is 0.252 e. The predicted octanol–water partition coefficient (Wildman–Crippen LogP) is 6.43. The van der Waals surface area contributed by atoms with E-state index in [4.69, 9.17) is 14.3 Å². The van der Waals surface area contributed by atoms with Crippen LogP contribution in [-0.2, 0) is 16.2 Å². The molecular formula is C35H51N7O3Si. The van der Waals surface area contributed by atoms with Gasteiger partial charge in [-0.15, -0.1) is 0 Å². The van der Waals surface area contributed by atoms with E-state index in [-0.39, 0.29) is 35.0 Å². The van der Waals surface area contributed by atoms with Gasteiger partial charge < -0.3 is 18.6 Å². The van der Waals surface area contributed by atoms with Gasteiger partial charge in [-0.3, -0.25) is 19.7 Å². The SMILES string of the molecule is CC(c1ccc2nccnc2c1)N1C[C@H](CCO[Si](C)(C)C(C)(C)C)N(c2cc(=O)n(C)c3cn(C4CCCCO4)nc23)C[C@H]1C. The Balaban J connectivity index is 1.35. The van der Waals surface area contributed by atoms with Crippen LogP contribution in [0.1, 0.15) is 78.1 Å². The zero-order chi connectivity index (χ0) is 32.8. The van der Waals surface area contributed by atoms with Crippen molar-refractivity contribution in [1.29, 1.82) is 0 Å². The van der Waals surface area contributed by atoms with Gasteiger partial charge in [0.25, 0.3) is 5.56 Å². The minimum absolute atomic E-state index is 0.0244. The van der Waals surface area contributed by atoms with Gasteiger partial charge in [0.2, 0.25) is 0 Å². The Morgan fingerprint density at radius 3 is 2.57 bits per heavy atom. The van der Waals surface area contributed by atoms with E-state index >= 15 is 0 Å². The second kappa shape index (κ2) is 12.8. The van der Waals surface area contributed by atoms with Gasteiger partial charge in [0.1, 0.15) is 11.7 Å². The van der Waals surface area contributed by atoms with Crippen LogP contribution in [-0.4, -0.2) is 75.9 Å². The minimum atomic E-state index is -1.93. The molecule has 0 N–H and O–H groups in total. The van der Waals surface area contributed by atoms with Gasteiger partial charge in [0.05, 0.1) is 28.4 Å². The summed E-state index contributed by atoms with van der Waals surface area (Å²) in [6, 6.07) is 8.76. The molecule has 2 aliphatic heterocycles. The standard InChI is InChI=1S/C35H51N7O3Si/c1-24-21-41(30-20-32(43)39(6)31-23-42(38-34(30)31)33-11-9-10-17-44-33)27(14-18-45-46(7,8)35(3,4)5)22-40(24)25(2)26-12-13-28-29(19-26)37-16-15-36-28/h12-13,15-16,19-20,23-25,27,33H,9-11,14,17-18,21-22H2,1-8H3/t24-,25?,27+,33?/m1/s1. The smallest absolute Gasteiger partial charge is 0.252 e. The Kier molecular flexibility index (Phi) is 9.14. The fourth-order valence-corrected chi connectivity index (χ4v) is 7.81. The van der Waals surface area contributed by atoms with Crippen LogP contribution in [0.2, 0.25) is 18.1 Å². The van der Waals surface area contributed by atoms with Crippen LogP contribution in [0.15, 0.2) is 47.7 Å². The maximum atomic E-state index is 13.4. The van der Waals surface area contributed by atoms with Crippen molar-refractivity contribution >= 4 is 36.1 Å². The first-order valence-electron chi connectivity index (χ1n) is 16.9. The molecule has 6 rings (SSSR count). The lowest BCUT2D eigenvalue weighted by Gasteiger charge is -2.49. The number of fused-ring (bicyclic) bond motifs is 2. The monoisotopic (exact) mass is 645 g/mol. The van der Waals surface area contributed by atoms with Gasteiger partial charge in [-0.1, -0.05) is 26.8 Å². The summed E-state index contributed by atoms with van der Waals surface area (Å²) in [5.74, 6) is 0. The van der Waals surface area contributed by atoms with E-state index in [9.17, 15) is 4.79 Å². The Bertz CT molecular complexity index is 1740. The number of hydrogen-bond acceptors (Lipinski definition) is 8. The van der Waals surface area contributed by atoms with Crippen LogP contribution in [0.4, 0.5) is 5.69 Å². The molecule has 2 saturated heterocycles. The van der Waals surface area contributed by atoms with Crippen LogP contribution in [0.3, 0.4) is 0 Å². The number of nitrogens with zero attached hydrogens (tertiary/aromatic N) is 7. The topological polar surface area (TPSA) is 90.5 Å². The van der Waals surface area contributed by atoms with E-state index in [2.05, 4.69) is 85.7 Å². The molecule has 2 aliphatic rings. The Morgan fingerprint density at radius 1 is 1.09 bits per heavy atom. The summed E-state index contributed by atoms with van der Waals surface area (Å²) in [4.78, 5) is 27.5. The number of hydrogen-bond donors (Lipinski definition) is 0. The Hall–Kier alpha value is -3.12. The average Bonchev–Trinajstić information content (AvgIpc) is 3.49. The first kappa shape index (κ1) is 32.8. The average molecular weight is 646 g/mol. The first-order valence-corrected chi connectivity index (χ1v) is 19.8. The van der Waals surface area contributed by atoms with Crippen molar-refractivity contribution in [3.05, 3.63) is 58.8 Å². The molecular weight excluding hydrogens is 595 g/mol. The number of benzene rings is 1. The molecule has 4 atom stereocenters. The van der Waals surface area contributed by atoms with Gasteiger partial charge in [-0.05, 0) is 75.4 Å². The third-order valence-corrected chi connectivity index (χ3v) is 15.3. The van der Waals surface area contributed by atoms with Gasteiger partial charge in [0, 0.05) is 69.9 Å². The number of anilines is 1. The van der Waals surface area contributed by atoms with Crippen molar-refractivity contribution in [2.24, 2.45) is 7.05 Å². The number of rotatable bonds is 8. The van der Waals surface area contributed by atoms with E-state index in [0.717, 1.165) is 73.1 Å². The van der Waals surface area contributed by atoms with Crippen LogP contribution in [0.5, 0.6) is 0 Å². The molecule has 248 valence electrons. The highest BCUT2D eigenvalue weighted by atomic mass is 28.4. The summed E-state index contributed by atoms with van der Waals surface area (Å²) in [6.07, 6.45) is 9.37. The molecule has 1 aromatic carbocycles. The summed E-state index contributed by atoms with van der Waals surface area (Å²) in [5.41, 5.74) is 5.63. The zero-order valence-electron chi connectivity index (χ0n) is 28.9. The molecule has 11 heteroatoms. The van der Waals surface area contributed by atoms with Crippen LogP contribution >= 0.6 is 0 Å².